The van der Waals surface area contributed by atoms with Gasteiger partial charge in [0.25, 0.3) is 10.1 Å². The fourth-order valence-corrected chi connectivity index (χ4v) is 3.34. The van der Waals surface area contributed by atoms with Crippen molar-refractivity contribution in [2.24, 2.45) is 10.2 Å². The van der Waals surface area contributed by atoms with Crippen LogP contribution in [0.15, 0.2) is 69.7 Å². The van der Waals surface area contributed by atoms with Gasteiger partial charge in [-0.25, -0.2) is 0 Å². The first-order valence-electron chi connectivity index (χ1n) is 6.82. The van der Waals surface area contributed by atoms with Crippen molar-refractivity contribution in [1.82, 2.24) is 0 Å². The molecule has 0 atom stereocenters. The monoisotopic (exact) mass is 453 g/mol. The Hall–Kier alpha value is -2.04. The maximum absolute atomic E-state index is 11.7. The van der Waals surface area contributed by atoms with Crippen LogP contribution in [0.5, 0.6) is 0 Å². The Morgan fingerprint density at radius 3 is 2.21 bits per heavy atom. The molecule has 0 aromatic heterocycles. The van der Waals surface area contributed by atoms with Gasteiger partial charge >= 0.3 is 0 Å². The average Bonchev–Trinajstić information content (AvgIpc) is 2.55. The second-order valence-corrected chi connectivity index (χ2v) is 7.64. The highest BCUT2D eigenvalue weighted by Crippen LogP contribution is 2.36. The van der Waals surface area contributed by atoms with Crippen molar-refractivity contribution < 1.29 is 13.0 Å². The van der Waals surface area contributed by atoms with Crippen LogP contribution in [0, 0.1) is 3.57 Å². The third-order valence-electron chi connectivity index (χ3n) is 3.40. The largest absolute Gasteiger partial charge is 0.396 e. The summed E-state index contributed by atoms with van der Waals surface area (Å²) in [6.45, 7) is 0. The predicted molar refractivity (Wildman–Crippen MR) is 102 cm³/mol. The van der Waals surface area contributed by atoms with E-state index in [1.165, 1.54) is 6.07 Å². The highest BCUT2D eigenvalue weighted by atomic mass is 127. The van der Waals surface area contributed by atoms with Crippen LogP contribution in [0.3, 0.4) is 0 Å². The van der Waals surface area contributed by atoms with E-state index in [4.69, 9.17) is 5.73 Å². The maximum atomic E-state index is 11.7. The van der Waals surface area contributed by atoms with Crippen LogP contribution in [0.2, 0.25) is 0 Å². The van der Waals surface area contributed by atoms with Crippen LogP contribution in [0.4, 0.5) is 17.1 Å². The molecule has 3 aromatic rings. The quantitative estimate of drug-likeness (QED) is 0.260. The highest BCUT2D eigenvalue weighted by Gasteiger charge is 2.18. The molecule has 3 rings (SSSR count). The van der Waals surface area contributed by atoms with Crippen molar-refractivity contribution in [1.29, 1.82) is 0 Å². The van der Waals surface area contributed by atoms with Gasteiger partial charge in [-0.1, -0.05) is 24.3 Å². The number of nitrogens with zero attached hydrogens (tertiary/aromatic N) is 2. The minimum absolute atomic E-state index is 0.180. The number of hydrogen-bond donors (Lipinski definition) is 2. The van der Waals surface area contributed by atoms with Gasteiger partial charge in [-0.05, 0) is 52.9 Å². The van der Waals surface area contributed by atoms with Gasteiger partial charge < -0.3 is 5.73 Å². The van der Waals surface area contributed by atoms with Gasteiger partial charge in [-0.15, -0.1) is 5.11 Å². The van der Waals surface area contributed by atoms with Gasteiger partial charge in [0, 0.05) is 14.3 Å². The lowest BCUT2D eigenvalue weighted by molar-refractivity contribution is 0.484. The summed E-state index contributed by atoms with van der Waals surface area (Å²) in [6, 6.07) is 15.2. The molecule has 0 aliphatic heterocycles. The fraction of sp³-hybridized carbons (Fsp3) is 0. The molecule has 0 saturated carbocycles. The standard InChI is InChI=1S/C16H12IN3O3S/c17-10-5-7-11(8-6-10)19-20-14-9-15(24(21,22)23)12-3-1-2-4-13(12)16(14)18/h1-9H,18H2,(H,21,22,23). The number of benzene rings is 3. The molecule has 0 saturated heterocycles. The molecule has 122 valence electrons. The number of nitrogen functional groups attached to an aromatic ring is 1. The normalized spacial score (nSPS) is 12.1. The summed E-state index contributed by atoms with van der Waals surface area (Å²) in [5, 5.41) is 8.95. The van der Waals surface area contributed by atoms with Crippen molar-refractivity contribution in [2.45, 2.75) is 4.90 Å². The molecule has 6 nitrogen and oxygen atoms in total. The highest BCUT2D eigenvalue weighted by molar-refractivity contribution is 14.1. The van der Waals surface area contributed by atoms with Crippen molar-refractivity contribution in [2.75, 3.05) is 5.73 Å². The van der Waals surface area contributed by atoms with Crippen molar-refractivity contribution in [3.8, 4) is 0 Å². The van der Waals surface area contributed by atoms with Crippen LogP contribution in [0.1, 0.15) is 0 Å². The van der Waals surface area contributed by atoms with E-state index in [0.717, 1.165) is 3.57 Å². The van der Waals surface area contributed by atoms with E-state index in [2.05, 4.69) is 32.8 Å². The summed E-state index contributed by atoms with van der Waals surface area (Å²) in [4.78, 5) is -0.246. The number of hydrogen-bond acceptors (Lipinski definition) is 5. The summed E-state index contributed by atoms with van der Waals surface area (Å²) in [7, 11) is -4.42. The SMILES string of the molecule is Nc1c(N=Nc2ccc(I)cc2)cc(S(=O)(=O)O)c2ccccc12. The summed E-state index contributed by atoms with van der Waals surface area (Å²) in [5.41, 5.74) is 7.17. The number of fused-ring (bicyclic) bond motifs is 1. The first-order valence-corrected chi connectivity index (χ1v) is 9.34. The molecule has 0 aliphatic carbocycles. The second-order valence-electron chi connectivity index (χ2n) is 5.00. The first kappa shape index (κ1) is 16.8. The zero-order chi connectivity index (χ0) is 17.3. The van der Waals surface area contributed by atoms with Gasteiger partial charge in [0.15, 0.2) is 0 Å². The van der Waals surface area contributed by atoms with E-state index in [-0.39, 0.29) is 10.6 Å². The minimum atomic E-state index is -4.42. The molecule has 0 spiro atoms. The molecule has 0 fully saturated rings. The van der Waals surface area contributed by atoms with Crippen LogP contribution in [-0.2, 0) is 10.1 Å². The first-order chi connectivity index (χ1) is 11.4. The van der Waals surface area contributed by atoms with Crippen molar-refractivity contribution in [3.63, 3.8) is 0 Å². The Bertz CT molecular complexity index is 1050. The molecule has 3 aromatic carbocycles. The van der Waals surface area contributed by atoms with Gasteiger partial charge in [0.1, 0.15) is 10.6 Å². The zero-order valence-corrected chi connectivity index (χ0v) is 15.2. The lowest BCUT2D eigenvalue weighted by Crippen LogP contribution is -2.01. The van der Waals surface area contributed by atoms with Crippen LogP contribution in [0.25, 0.3) is 10.8 Å². The number of azo groups is 1. The molecular formula is C16H12IN3O3S. The van der Waals surface area contributed by atoms with E-state index >= 15 is 0 Å². The van der Waals surface area contributed by atoms with E-state index < -0.39 is 10.1 Å². The van der Waals surface area contributed by atoms with Gasteiger partial charge in [-0.2, -0.15) is 13.5 Å². The van der Waals surface area contributed by atoms with Gasteiger partial charge in [0.05, 0.1) is 11.4 Å². The van der Waals surface area contributed by atoms with Crippen molar-refractivity contribution >= 4 is 60.5 Å². The Kier molecular flexibility index (Phi) is 4.52. The number of anilines is 1. The topological polar surface area (TPSA) is 105 Å². The lowest BCUT2D eigenvalue weighted by Gasteiger charge is -2.09. The molecule has 24 heavy (non-hydrogen) atoms. The average molecular weight is 453 g/mol. The maximum Gasteiger partial charge on any atom is 0.295 e. The summed E-state index contributed by atoms with van der Waals surface area (Å²) < 4.78 is 33.9. The molecule has 0 heterocycles. The smallest absolute Gasteiger partial charge is 0.295 e. The predicted octanol–water partition coefficient (Wildman–Crippen LogP) is 4.69. The summed E-state index contributed by atoms with van der Waals surface area (Å²) in [6.07, 6.45) is 0. The Labute approximate surface area is 152 Å². The van der Waals surface area contributed by atoms with Gasteiger partial charge in [-0.3, -0.25) is 4.55 Å². The van der Waals surface area contributed by atoms with Crippen LogP contribution in [-0.4, -0.2) is 13.0 Å². The summed E-state index contributed by atoms with van der Waals surface area (Å²) in [5.74, 6) is 0. The van der Waals surface area contributed by atoms with E-state index in [1.54, 1.807) is 36.4 Å². The Morgan fingerprint density at radius 2 is 1.58 bits per heavy atom. The number of rotatable bonds is 3. The van der Waals surface area contributed by atoms with Gasteiger partial charge in [0.2, 0.25) is 0 Å². The van der Waals surface area contributed by atoms with E-state index in [1.807, 2.05) is 12.1 Å². The minimum Gasteiger partial charge on any atom is -0.396 e. The Morgan fingerprint density at radius 1 is 0.958 bits per heavy atom. The van der Waals surface area contributed by atoms with E-state index in [0.29, 0.717) is 22.1 Å². The molecule has 0 aliphatic rings. The molecule has 3 N–H and O–H groups in total. The number of halogens is 1. The molecule has 0 unspecified atom stereocenters. The van der Waals surface area contributed by atoms with Crippen molar-refractivity contribution in [3.05, 3.63) is 58.2 Å². The van der Waals surface area contributed by atoms with Crippen LogP contribution >= 0.6 is 22.6 Å². The van der Waals surface area contributed by atoms with E-state index in [9.17, 15) is 13.0 Å². The molecule has 0 radical (unpaired) electrons. The third kappa shape index (κ3) is 3.40. The second kappa shape index (κ2) is 6.46. The third-order valence-corrected chi connectivity index (χ3v) is 5.02. The lowest BCUT2D eigenvalue weighted by atomic mass is 10.1. The fourth-order valence-electron chi connectivity index (χ4n) is 2.27. The summed E-state index contributed by atoms with van der Waals surface area (Å²) >= 11 is 2.18. The molecular weight excluding hydrogens is 441 g/mol. The number of nitrogens with two attached hydrogens (primary N) is 1. The zero-order valence-electron chi connectivity index (χ0n) is 12.2. The van der Waals surface area contributed by atoms with Crippen LogP contribution < -0.4 is 5.73 Å². The molecule has 8 heteroatoms. The molecule has 0 amide bonds. The Balaban J connectivity index is 2.18. The molecule has 0 bridgehead atoms.